The van der Waals surface area contributed by atoms with Gasteiger partial charge < -0.3 is 4.74 Å². The van der Waals surface area contributed by atoms with E-state index in [1.807, 2.05) is 69.3 Å². The van der Waals surface area contributed by atoms with E-state index in [2.05, 4.69) is 15.3 Å². The van der Waals surface area contributed by atoms with Gasteiger partial charge in [0.2, 0.25) is 4.77 Å². The number of hydrogen-bond acceptors (Lipinski definition) is 4. The van der Waals surface area contributed by atoms with Crippen LogP contribution in [0.5, 0.6) is 5.75 Å². The largest absolute Gasteiger partial charge is 0.491 e. The van der Waals surface area contributed by atoms with Gasteiger partial charge in [-0.2, -0.15) is 14.9 Å². The Bertz CT molecular complexity index is 956. The Labute approximate surface area is 152 Å². The maximum atomic E-state index is 5.76. The Balaban J connectivity index is 1.98. The second-order valence-electron chi connectivity index (χ2n) is 5.96. The van der Waals surface area contributed by atoms with Crippen molar-refractivity contribution in [2.24, 2.45) is 5.10 Å². The van der Waals surface area contributed by atoms with Crippen LogP contribution >= 0.6 is 12.2 Å². The molecule has 2 aromatic carbocycles. The van der Waals surface area contributed by atoms with E-state index in [0.717, 1.165) is 22.4 Å². The van der Waals surface area contributed by atoms with Crippen molar-refractivity contribution in [3.8, 4) is 17.1 Å². The van der Waals surface area contributed by atoms with Gasteiger partial charge in [-0.1, -0.05) is 36.4 Å². The van der Waals surface area contributed by atoms with Crippen molar-refractivity contribution in [2.45, 2.75) is 26.9 Å². The number of nitrogens with zero attached hydrogens (tertiary/aromatic N) is 3. The van der Waals surface area contributed by atoms with Crippen molar-refractivity contribution in [1.82, 2.24) is 14.9 Å². The number of hydrogen-bond donors (Lipinski definition) is 1. The van der Waals surface area contributed by atoms with Crippen LogP contribution in [-0.4, -0.2) is 27.2 Å². The molecule has 0 saturated carbocycles. The number of rotatable bonds is 5. The second kappa shape index (κ2) is 7.44. The summed E-state index contributed by atoms with van der Waals surface area (Å²) in [5.41, 5.74) is 3.07. The summed E-state index contributed by atoms with van der Waals surface area (Å²) >= 11 is 5.32. The molecule has 25 heavy (non-hydrogen) atoms. The second-order valence-corrected chi connectivity index (χ2v) is 6.35. The van der Waals surface area contributed by atoms with Crippen LogP contribution in [0.1, 0.15) is 25.0 Å². The molecule has 3 aromatic rings. The Morgan fingerprint density at radius 1 is 1.20 bits per heavy atom. The molecule has 0 aliphatic heterocycles. The number of benzene rings is 2. The quantitative estimate of drug-likeness (QED) is 0.540. The van der Waals surface area contributed by atoms with Crippen molar-refractivity contribution < 1.29 is 4.74 Å². The zero-order chi connectivity index (χ0) is 17.8. The van der Waals surface area contributed by atoms with Gasteiger partial charge in [0, 0.05) is 5.56 Å². The van der Waals surface area contributed by atoms with Gasteiger partial charge in [0.25, 0.3) is 0 Å². The van der Waals surface area contributed by atoms with Gasteiger partial charge in [-0.15, -0.1) is 0 Å². The lowest BCUT2D eigenvalue weighted by molar-refractivity contribution is 0.242. The molecule has 3 rings (SSSR count). The molecular weight excluding hydrogens is 332 g/mol. The maximum Gasteiger partial charge on any atom is 0.216 e. The first-order valence-electron chi connectivity index (χ1n) is 8.09. The van der Waals surface area contributed by atoms with Gasteiger partial charge in [-0.25, -0.2) is 5.10 Å². The fourth-order valence-electron chi connectivity index (χ4n) is 2.42. The third kappa shape index (κ3) is 4.03. The lowest BCUT2D eigenvalue weighted by Crippen LogP contribution is -2.05. The highest BCUT2D eigenvalue weighted by Crippen LogP contribution is 2.23. The van der Waals surface area contributed by atoms with Crippen LogP contribution < -0.4 is 4.74 Å². The predicted octanol–water partition coefficient (Wildman–Crippen LogP) is 4.59. The fourth-order valence-corrected chi connectivity index (χ4v) is 2.60. The molecule has 0 aliphatic rings. The predicted molar refractivity (Wildman–Crippen MR) is 103 cm³/mol. The molecule has 0 aliphatic carbocycles. The molecule has 6 heteroatoms. The summed E-state index contributed by atoms with van der Waals surface area (Å²) in [4.78, 5) is 0. The van der Waals surface area contributed by atoms with E-state index < -0.39 is 0 Å². The zero-order valence-electron chi connectivity index (χ0n) is 14.4. The van der Waals surface area contributed by atoms with Gasteiger partial charge >= 0.3 is 0 Å². The first kappa shape index (κ1) is 17.1. The lowest BCUT2D eigenvalue weighted by Gasteiger charge is -2.10. The molecule has 0 spiro atoms. The summed E-state index contributed by atoms with van der Waals surface area (Å²) in [5.74, 6) is 1.43. The van der Waals surface area contributed by atoms with E-state index in [-0.39, 0.29) is 6.10 Å². The standard InChI is InChI=1S/C19H20N4OS/c1-13(2)24-17-10-6-9-15(11-17)18-21-22-19(25)23(18)20-12-16-8-5-4-7-14(16)3/h4-13H,1-3H3,(H,22,25). The van der Waals surface area contributed by atoms with Crippen molar-refractivity contribution in [3.05, 3.63) is 64.4 Å². The molecule has 0 amide bonds. The van der Waals surface area contributed by atoms with Crippen LogP contribution in [0.25, 0.3) is 11.4 Å². The van der Waals surface area contributed by atoms with E-state index in [1.165, 1.54) is 0 Å². The number of aromatic nitrogens is 3. The summed E-state index contributed by atoms with van der Waals surface area (Å²) in [6, 6.07) is 15.8. The smallest absolute Gasteiger partial charge is 0.216 e. The maximum absolute atomic E-state index is 5.76. The lowest BCUT2D eigenvalue weighted by atomic mass is 10.1. The third-order valence-electron chi connectivity index (χ3n) is 3.62. The normalized spacial score (nSPS) is 11.4. The summed E-state index contributed by atoms with van der Waals surface area (Å²) in [6.45, 7) is 6.04. The summed E-state index contributed by atoms with van der Waals surface area (Å²) in [5, 5.41) is 11.6. The van der Waals surface area contributed by atoms with Crippen LogP contribution in [0, 0.1) is 11.7 Å². The van der Waals surface area contributed by atoms with Gasteiger partial charge in [0.1, 0.15) is 5.75 Å². The summed E-state index contributed by atoms with van der Waals surface area (Å²) < 4.78 is 7.82. The van der Waals surface area contributed by atoms with Gasteiger partial charge in [0.15, 0.2) is 5.82 Å². The average molecular weight is 352 g/mol. The van der Waals surface area contributed by atoms with Gasteiger partial charge in [-0.3, -0.25) is 0 Å². The zero-order valence-corrected chi connectivity index (χ0v) is 15.2. The monoisotopic (exact) mass is 352 g/mol. The topological polar surface area (TPSA) is 55.2 Å². The molecule has 0 saturated heterocycles. The van der Waals surface area contributed by atoms with E-state index in [9.17, 15) is 0 Å². The number of ether oxygens (including phenoxy) is 1. The molecule has 1 aromatic heterocycles. The van der Waals surface area contributed by atoms with Crippen LogP contribution in [0.4, 0.5) is 0 Å². The van der Waals surface area contributed by atoms with Crippen LogP contribution in [0.15, 0.2) is 53.6 Å². The number of aryl methyl sites for hydroxylation is 1. The molecule has 1 heterocycles. The highest BCUT2D eigenvalue weighted by molar-refractivity contribution is 7.71. The number of aromatic amines is 1. The van der Waals surface area contributed by atoms with E-state index in [4.69, 9.17) is 17.0 Å². The van der Waals surface area contributed by atoms with E-state index >= 15 is 0 Å². The van der Waals surface area contributed by atoms with Crippen molar-refractivity contribution in [2.75, 3.05) is 0 Å². The highest BCUT2D eigenvalue weighted by Gasteiger charge is 2.10. The summed E-state index contributed by atoms with van der Waals surface area (Å²) in [6.07, 6.45) is 1.90. The number of nitrogens with one attached hydrogen (secondary N) is 1. The Morgan fingerprint density at radius 3 is 2.76 bits per heavy atom. The minimum absolute atomic E-state index is 0.107. The summed E-state index contributed by atoms with van der Waals surface area (Å²) in [7, 11) is 0. The van der Waals surface area contributed by atoms with E-state index in [1.54, 1.807) is 10.9 Å². The van der Waals surface area contributed by atoms with Crippen molar-refractivity contribution in [1.29, 1.82) is 0 Å². The van der Waals surface area contributed by atoms with Gasteiger partial charge in [-0.05, 0) is 56.2 Å². The SMILES string of the molecule is Cc1ccccc1C=Nn1c(-c2cccc(OC(C)C)c2)n[nH]c1=S. The fraction of sp³-hybridized carbons (Fsp3) is 0.211. The van der Waals surface area contributed by atoms with Crippen LogP contribution in [-0.2, 0) is 0 Å². The molecular formula is C19H20N4OS. The Hall–Kier alpha value is -2.73. The molecule has 0 unspecified atom stereocenters. The van der Waals surface area contributed by atoms with E-state index in [0.29, 0.717) is 10.6 Å². The molecule has 0 atom stereocenters. The minimum atomic E-state index is 0.107. The minimum Gasteiger partial charge on any atom is -0.491 e. The molecule has 0 bridgehead atoms. The average Bonchev–Trinajstić information content (AvgIpc) is 2.95. The Kier molecular flexibility index (Phi) is 5.09. The molecule has 1 N–H and O–H groups in total. The van der Waals surface area contributed by atoms with Crippen LogP contribution in [0.3, 0.4) is 0 Å². The highest BCUT2D eigenvalue weighted by atomic mass is 32.1. The number of H-pyrrole nitrogens is 1. The first-order valence-corrected chi connectivity index (χ1v) is 8.50. The molecule has 0 fully saturated rings. The third-order valence-corrected chi connectivity index (χ3v) is 3.88. The van der Waals surface area contributed by atoms with Gasteiger partial charge in [0.05, 0.1) is 12.3 Å². The van der Waals surface area contributed by atoms with Crippen molar-refractivity contribution >= 4 is 18.4 Å². The Morgan fingerprint density at radius 2 is 2.00 bits per heavy atom. The van der Waals surface area contributed by atoms with Crippen molar-refractivity contribution in [3.63, 3.8) is 0 Å². The molecule has 0 radical (unpaired) electrons. The van der Waals surface area contributed by atoms with Crippen LogP contribution in [0.2, 0.25) is 0 Å². The molecule has 5 nitrogen and oxygen atoms in total. The first-order chi connectivity index (χ1) is 12.0. The molecule has 128 valence electrons.